The molecule has 0 radical (unpaired) electrons. The Labute approximate surface area is 146 Å². The van der Waals surface area contributed by atoms with E-state index >= 15 is 0 Å². The summed E-state index contributed by atoms with van der Waals surface area (Å²) in [4.78, 5) is 19.4. The highest BCUT2D eigenvalue weighted by Gasteiger charge is 2.29. The van der Waals surface area contributed by atoms with Crippen LogP contribution in [0.4, 0.5) is 8.78 Å². The number of halogens is 2. The lowest BCUT2D eigenvalue weighted by molar-refractivity contribution is 0.153. The molecule has 130 valence electrons. The van der Waals surface area contributed by atoms with Gasteiger partial charge in [-0.3, -0.25) is 19.0 Å². The molecule has 1 aliphatic rings. The highest BCUT2D eigenvalue weighted by atomic mass is 32.1. The molecule has 3 aromatic rings. The third kappa shape index (κ3) is 2.50. The molecule has 25 heavy (non-hydrogen) atoms. The molecule has 1 aliphatic carbocycles. The first-order valence-electron chi connectivity index (χ1n) is 7.85. The van der Waals surface area contributed by atoms with Crippen molar-refractivity contribution in [1.82, 2.24) is 24.3 Å². The Bertz CT molecular complexity index is 1110. The van der Waals surface area contributed by atoms with Gasteiger partial charge in [-0.2, -0.15) is 5.10 Å². The monoisotopic (exact) mass is 363 g/mol. The molecule has 0 aromatic carbocycles. The average Bonchev–Trinajstić information content (AvgIpc) is 3.32. The number of hydrogen-bond donors (Lipinski definition) is 1. The van der Waals surface area contributed by atoms with Crippen LogP contribution in [0.5, 0.6) is 0 Å². The largest absolute Gasteiger partial charge is 0.299 e. The fourth-order valence-electron chi connectivity index (χ4n) is 3.01. The van der Waals surface area contributed by atoms with Gasteiger partial charge in [0.1, 0.15) is 5.65 Å². The maximum atomic E-state index is 13.7. The summed E-state index contributed by atoms with van der Waals surface area (Å²) in [7, 11) is 1.77. The maximum Gasteiger partial charge on any atom is 0.264 e. The minimum absolute atomic E-state index is 0.0927. The molecular formula is C16H15F2N5OS. The number of H-pyrrole nitrogens is 1. The Morgan fingerprint density at radius 1 is 1.40 bits per heavy atom. The Hall–Kier alpha value is -2.42. The summed E-state index contributed by atoms with van der Waals surface area (Å²) in [5.41, 5.74) is 1.06. The normalized spacial score (nSPS) is 14.6. The fourth-order valence-corrected chi connectivity index (χ4v) is 3.33. The van der Waals surface area contributed by atoms with Gasteiger partial charge in [-0.1, -0.05) is 0 Å². The average molecular weight is 363 g/mol. The zero-order valence-corrected chi connectivity index (χ0v) is 14.4. The SMILES string of the molecule is Cc1c(-c2cc(C(F)F)c3c(=O)[nH]c(=S)n(C4CC4)c3n2)cnn1C. The van der Waals surface area contributed by atoms with E-state index in [4.69, 9.17) is 12.2 Å². The number of aromatic nitrogens is 5. The van der Waals surface area contributed by atoms with Crippen LogP contribution in [0, 0.1) is 11.7 Å². The summed E-state index contributed by atoms with van der Waals surface area (Å²) in [6, 6.07) is 1.36. The van der Waals surface area contributed by atoms with Gasteiger partial charge in [-0.25, -0.2) is 13.8 Å². The maximum absolute atomic E-state index is 13.7. The second-order valence-corrected chi connectivity index (χ2v) is 6.61. The summed E-state index contributed by atoms with van der Waals surface area (Å²) in [6.07, 6.45) is 0.558. The third-order valence-corrected chi connectivity index (χ3v) is 4.88. The number of nitrogens with zero attached hydrogens (tertiary/aromatic N) is 4. The van der Waals surface area contributed by atoms with Crippen molar-refractivity contribution in [1.29, 1.82) is 0 Å². The first kappa shape index (κ1) is 16.1. The Morgan fingerprint density at radius 3 is 2.68 bits per heavy atom. The van der Waals surface area contributed by atoms with Crippen LogP contribution in [-0.4, -0.2) is 24.3 Å². The van der Waals surface area contributed by atoms with Crippen molar-refractivity contribution in [3.8, 4) is 11.3 Å². The number of aromatic amines is 1. The number of pyridine rings is 1. The van der Waals surface area contributed by atoms with E-state index in [0.29, 0.717) is 11.3 Å². The highest BCUT2D eigenvalue weighted by Crippen LogP contribution is 2.38. The summed E-state index contributed by atoms with van der Waals surface area (Å²) in [5.74, 6) is 0. The van der Waals surface area contributed by atoms with Crippen LogP contribution in [-0.2, 0) is 7.05 Å². The van der Waals surface area contributed by atoms with Gasteiger partial charge in [0.2, 0.25) is 0 Å². The van der Waals surface area contributed by atoms with Crippen LogP contribution < -0.4 is 5.56 Å². The Morgan fingerprint density at radius 2 is 2.12 bits per heavy atom. The van der Waals surface area contributed by atoms with Gasteiger partial charge in [0.15, 0.2) is 4.77 Å². The lowest BCUT2D eigenvalue weighted by Gasteiger charge is -2.13. The van der Waals surface area contributed by atoms with Crippen LogP contribution in [0.25, 0.3) is 22.3 Å². The molecule has 0 atom stereocenters. The topological polar surface area (TPSA) is 68.5 Å². The summed E-state index contributed by atoms with van der Waals surface area (Å²) in [6.45, 7) is 1.83. The molecule has 0 saturated heterocycles. The van der Waals surface area contributed by atoms with Gasteiger partial charge in [0.05, 0.1) is 17.3 Å². The van der Waals surface area contributed by atoms with E-state index in [1.54, 1.807) is 22.5 Å². The smallest absolute Gasteiger partial charge is 0.264 e. The predicted octanol–water partition coefficient (Wildman–Crippen LogP) is 3.44. The van der Waals surface area contributed by atoms with Crippen molar-refractivity contribution >= 4 is 23.3 Å². The minimum atomic E-state index is -2.80. The van der Waals surface area contributed by atoms with Crippen LogP contribution >= 0.6 is 12.2 Å². The number of rotatable bonds is 3. The standard InChI is InChI=1S/C16H15F2N5OS/c1-7-10(6-19-22(7)2)11-5-9(13(17)18)12-14(20-11)23(8-3-4-8)16(25)21-15(12)24/h5-6,8,13H,3-4H2,1-2H3,(H,21,24,25). The number of aryl methyl sites for hydroxylation is 1. The number of nitrogens with one attached hydrogen (secondary N) is 1. The van der Waals surface area contributed by atoms with E-state index < -0.39 is 12.0 Å². The Balaban J connectivity index is 2.14. The third-order valence-electron chi connectivity index (χ3n) is 4.58. The second-order valence-electron chi connectivity index (χ2n) is 6.22. The Kier molecular flexibility index (Phi) is 3.57. The molecule has 6 nitrogen and oxygen atoms in total. The van der Waals surface area contributed by atoms with Crippen molar-refractivity contribution in [2.24, 2.45) is 7.05 Å². The lowest BCUT2D eigenvalue weighted by atomic mass is 10.1. The molecule has 0 bridgehead atoms. The molecule has 0 aliphatic heterocycles. The van der Waals surface area contributed by atoms with E-state index in [0.717, 1.165) is 18.5 Å². The van der Waals surface area contributed by atoms with E-state index in [1.807, 2.05) is 6.92 Å². The molecule has 9 heteroatoms. The van der Waals surface area contributed by atoms with Crippen molar-refractivity contribution in [2.45, 2.75) is 32.2 Å². The summed E-state index contributed by atoms with van der Waals surface area (Å²) < 4.78 is 30.9. The van der Waals surface area contributed by atoms with E-state index in [-0.39, 0.29) is 27.4 Å². The fraction of sp³-hybridized carbons (Fsp3) is 0.375. The summed E-state index contributed by atoms with van der Waals surface area (Å²) >= 11 is 5.25. The second kappa shape index (κ2) is 5.55. The molecule has 4 rings (SSSR count). The first-order valence-corrected chi connectivity index (χ1v) is 8.26. The molecule has 0 spiro atoms. The lowest BCUT2D eigenvalue weighted by Crippen LogP contribution is -2.17. The van der Waals surface area contributed by atoms with Crippen molar-refractivity contribution in [3.05, 3.63) is 38.6 Å². The van der Waals surface area contributed by atoms with E-state index in [9.17, 15) is 13.6 Å². The van der Waals surface area contributed by atoms with Gasteiger partial charge in [0, 0.05) is 29.9 Å². The molecule has 1 fully saturated rings. The molecule has 0 unspecified atom stereocenters. The van der Waals surface area contributed by atoms with E-state index in [2.05, 4.69) is 15.1 Å². The zero-order chi connectivity index (χ0) is 17.9. The molecule has 0 amide bonds. The minimum Gasteiger partial charge on any atom is -0.299 e. The van der Waals surface area contributed by atoms with Crippen LogP contribution in [0.3, 0.4) is 0 Å². The number of hydrogen-bond acceptors (Lipinski definition) is 4. The van der Waals surface area contributed by atoms with Crippen LogP contribution in [0.1, 0.15) is 36.6 Å². The highest BCUT2D eigenvalue weighted by molar-refractivity contribution is 7.71. The quantitative estimate of drug-likeness (QED) is 0.724. The van der Waals surface area contributed by atoms with Crippen LogP contribution in [0.15, 0.2) is 17.1 Å². The molecule has 1 N–H and O–H groups in total. The molecule has 3 aromatic heterocycles. The van der Waals surface area contributed by atoms with Crippen molar-refractivity contribution in [2.75, 3.05) is 0 Å². The van der Waals surface area contributed by atoms with Crippen molar-refractivity contribution in [3.63, 3.8) is 0 Å². The van der Waals surface area contributed by atoms with Gasteiger partial charge >= 0.3 is 0 Å². The van der Waals surface area contributed by atoms with Gasteiger partial charge < -0.3 is 0 Å². The van der Waals surface area contributed by atoms with Crippen LogP contribution in [0.2, 0.25) is 0 Å². The molecule has 3 heterocycles. The summed E-state index contributed by atoms with van der Waals surface area (Å²) in [5, 5.41) is 4.05. The number of fused-ring (bicyclic) bond motifs is 1. The molecule has 1 saturated carbocycles. The van der Waals surface area contributed by atoms with Gasteiger partial charge in [0.25, 0.3) is 12.0 Å². The number of alkyl halides is 2. The van der Waals surface area contributed by atoms with Gasteiger partial charge in [-0.15, -0.1) is 0 Å². The zero-order valence-electron chi connectivity index (χ0n) is 13.6. The first-order chi connectivity index (χ1) is 11.9. The van der Waals surface area contributed by atoms with E-state index in [1.165, 1.54) is 6.07 Å². The van der Waals surface area contributed by atoms with Gasteiger partial charge in [-0.05, 0) is 38.0 Å². The molecular weight excluding hydrogens is 348 g/mol. The predicted molar refractivity (Wildman–Crippen MR) is 91.4 cm³/mol. The van der Waals surface area contributed by atoms with Crippen molar-refractivity contribution < 1.29 is 8.78 Å².